The quantitative estimate of drug-likeness (QED) is 0.483. The van der Waals surface area contributed by atoms with E-state index in [0.717, 1.165) is 10.8 Å². The van der Waals surface area contributed by atoms with Gasteiger partial charge in [0.25, 0.3) is 11.8 Å². The SMILES string of the molecule is O=C(CNC(=O)c1cccc2ccccc12)N/N=C/c1ncccc1O. The van der Waals surface area contributed by atoms with Gasteiger partial charge in [-0.25, -0.2) is 5.43 Å². The van der Waals surface area contributed by atoms with E-state index in [9.17, 15) is 14.7 Å². The van der Waals surface area contributed by atoms with Crippen LogP contribution in [0.1, 0.15) is 16.1 Å². The van der Waals surface area contributed by atoms with E-state index in [4.69, 9.17) is 0 Å². The first kappa shape index (κ1) is 17.1. The fourth-order valence-electron chi connectivity index (χ4n) is 2.39. The van der Waals surface area contributed by atoms with Crippen LogP contribution < -0.4 is 10.7 Å². The Hall–Kier alpha value is -3.74. The molecule has 3 rings (SSSR count). The summed E-state index contributed by atoms with van der Waals surface area (Å²) in [5.41, 5.74) is 2.99. The lowest BCUT2D eigenvalue weighted by molar-refractivity contribution is -0.120. The Labute approximate surface area is 149 Å². The molecule has 2 amide bonds. The molecule has 2 aromatic carbocycles. The van der Waals surface area contributed by atoms with Gasteiger partial charge in [-0.15, -0.1) is 0 Å². The number of fused-ring (bicyclic) bond motifs is 1. The Morgan fingerprint density at radius 2 is 1.88 bits per heavy atom. The molecule has 1 aromatic heterocycles. The molecule has 0 aliphatic carbocycles. The van der Waals surface area contributed by atoms with E-state index in [1.807, 2.05) is 30.3 Å². The highest BCUT2D eigenvalue weighted by atomic mass is 16.3. The smallest absolute Gasteiger partial charge is 0.259 e. The van der Waals surface area contributed by atoms with Crippen LogP contribution in [0.15, 0.2) is 65.9 Å². The van der Waals surface area contributed by atoms with Crippen molar-refractivity contribution in [3.8, 4) is 5.75 Å². The third-order valence-corrected chi connectivity index (χ3v) is 3.64. The number of hydrogen-bond donors (Lipinski definition) is 3. The Balaban J connectivity index is 1.57. The number of aromatic nitrogens is 1. The van der Waals surface area contributed by atoms with E-state index in [2.05, 4.69) is 20.8 Å². The zero-order valence-electron chi connectivity index (χ0n) is 13.7. The maximum atomic E-state index is 12.3. The molecule has 0 aliphatic rings. The molecule has 3 N–H and O–H groups in total. The normalized spacial score (nSPS) is 10.8. The third-order valence-electron chi connectivity index (χ3n) is 3.64. The number of hydrazone groups is 1. The number of amides is 2. The van der Waals surface area contributed by atoms with Crippen molar-refractivity contribution in [3.05, 3.63) is 72.1 Å². The average molecular weight is 348 g/mol. The monoisotopic (exact) mass is 348 g/mol. The minimum absolute atomic E-state index is 0.0465. The number of hydrogen-bond acceptors (Lipinski definition) is 5. The standard InChI is InChI=1S/C19H16N4O3/c24-17-9-4-10-20-16(17)11-22-23-18(25)12-21-19(26)15-8-3-6-13-5-1-2-7-14(13)15/h1-11,24H,12H2,(H,21,26)(H,23,25)/b22-11+. The predicted octanol–water partition coefficient (Wildman–Crippen LogP) is 1.82. The largest absolute Gasteiger partial charge is 0.506 e. The Morgan fingerprint density at radius 1 is 1.08 bits per heavy atom. The fraction of sp³-hybridized carbons (Fsp3) is 0.0526. The molecule has 0 bridgehead atoms. The molecule has 0 spiro atoms. The van der Waals surface area contributed by atoms with Crippen LogP contribution >= 0.6 is 0 Å². The molecule has 3 aromatic rings. The Kier molecular flexibility index (Phi) is 5.19. The van der Waals surface area contributed by atoms with Gasteiger partial charge < -0.3 is 10.4 Å². The van der Waals surface area contributed by atoms with Crippen LogP contribution in [-0.4, -0.2) is 34.7 Å². The molecule has 0 radical (unpaired) electrons. The Morgan fingerprint density at radius 3 is 2.73 bits per heavy atom. The number of benzene rings is 2. The van der Waals surface area contributed by atoms with Gasteiger partial charge in [-0.1, -0.05) is 36.4 Å². The van der Waals surface area contributed by atoms with Crippen LogP contribution in [0.4, 0.5) is 0 Å². The van der Waals surface area contributed by atoms with Gasteiger partial charge in [0.15, 0.2) is 0 Å². The summed E-state index contributed by atoms with van der Waals surface area (Å²) < 4.78 is 0. The van der Waals surface area contributed by atoms with E-state index in [-0.39, 0.29) is 23.9 Å². The fourth-order valence-corrected chi connectivity index (χ4v) is 2.39. The van der Waals surface area contributed by atoms with E-state index in [0.29, 0.717) is 5.56 Å². The van der Waals surface area contributed by atoms with Crippen molar-refractivity contribution in [1.82, 2.24) is 15.7 Å². The van der Waals surface area contributed by atoms with Gasteiger partial charge in [0.1, 0.15) is 11.4 Å². The summed E-state index contributed by atoms with van der Waals surface area (Å²) in [6.45, 7) is -0.229. The van der Waals surface area contributed by atoms with Gasteiger partial charge >= 0.3 is 0 Å². The zero-order chi connectivity index (χ0) is 18.4. The first-order valence-corrected chi connectivity index (χ1v) is 7.87. The van der Waals surface area contributed by atoms with Gasteiger partial charge in [0.2, 0.25) is 0 Å². The highest BCUT2D eigenvalue weighted by molar-refractivity contribution is 6.07. The molecule has 26 heavy (non-hydrogen) atoms. The van der Waals surface area contributed by atoms with Crippen molar-refractivity contribution < 1.29 is 14.7 Å². The first-order valence-electron chi connectivity index (χ1n) is 7.87. The van der Waals surface area contributed by atoms with E-state index < -0.39 is 5.91 Å². The van der Waals surface area contributed by atoms with Crippen molar-refractivity contribution in [2.45, 2.75) is 0 Å². The molecule has 0 saturated carbocycles. The lowest BCUT2D eigenvalue weighted by atomic mass is 10.0. The molecule has 130 valence electrons. The van der Waals surface area contributed by atoms with Crippen molar-refractivity contribution in [2.24, 2.45) is 5.10 Å². The molecule has 0 atom stereocenters. The average Bonchev–Trinajstić information content (AvgIpc) is 2.67. The number of nitrogens with zero attached hydrogens (tertiary/aromatic N) is 2. The summed E-state index contributed by atoms with van der Waals surface area (Å²) in [4.78, 5) is 28.0. The summed E-state index contributed by atoms with van der Waals surface area (Å²) in [6.07, 6.45) is 2.72. The highest BCUT2D eigenvalue weighted by Gasteiger charge is 2.10. The molecular weight excluding hydrogens is 332 g/mol. The number of rotatable bonds is 5. The zero-order valence-corrected chi connectivity index (χ0v) is 13.7. The topological polar surface area (TPSA) is 104 Å². The van der Waals surface area contributed by atoms with Crippen molar-refractivity contribution in [2.75, 3.05) is 6.54 Å². The van der Waals surface area contributed by atoms with Crippen LogP contribution in [-0.2, 0) is 4.79 Å². The minimum atomic E-state index is -0.495. The number of nitrogens with one attached hydrogen (secondary N) is 2. The van der Waals surface area contributed by atoms with Crippen molar-refractivity contribution in [1.29, 1.82) is 0 Å². The second-order valence-corrected chi connectivity index (χ2v) is 5.41. The van der Waals surface area contributed by atoms with Crippen molar-refractivity contribution in [3.63, 3.8) is 0 Å². The molecule has 0 saturated heterocycles. The number of carbonyl (C=O) groups excluding carboxylic acids is 2. The van der Waals surface area contributed by atoms with Crippen LogP contribution in [0.25, 0.3) is 10.8 Å². The molecular formula is C19H16N4O3. The molecule has 0 aliphatic heterocycles. The molecule has 7 nitrogen and oxygen atoms in total. The maximum absolute atomic E-state index is 12.3. The lowest BCUT2D eigenvalue weighted by Gasteiger charge is -2.07. The summed E-state index contributed by atoms with van der Waals surface area (Å²) in [7, 11) is 0. The van der Waals surface area contributed by atoms with Gasteiger partial charge in [-0.3, -0.25) is 14.6 Å². The molecule has 7 heteroatoms. The van der Waals surface area contributed by atoms with Gasteiger partial charge in [0, 0.05) is 11.8 Å². The number of aromatic hydroxyl groups is 1. The summed E-state index contributed by atoms with van der Waals surface area (Å²) in [6, 6.07) is 16.0. The second kappa shape index (κ2) is 7.89. The summed E-state index contributed by atoms with van der Waals surface area (Å²) in [5, 5.41) is 17.6. The van der Waals surface area contributed by atoms with Crippen LogP contribution in [0, 0.1) is 0 Å². The highest BCUT2D eigenvalue weighted by Crippen LogP contribution is 2.18. The predicted molar refractivity (Wildman–Crippen MR) is 97.9 cm³/mol. The van der Waals surface area contributed by atoms with Gasteiger partial charge in [-0.05, 0) is 29.0 Å². The summed E-state index contributed by atoms with van der Waals surface area (Å²) >= 11 is 0. The lowest BCUT2D eigenvalue weighted by Crippen LogP contribution is -2.35. The molecule has 0 unspecified atom stereocenters. The Bertz CT molecular complexity index is 980. The van der Waals surface area contributed by atoms with Gasteiger partial charge in [-0.2, -0.15) is 5.10 Å². The molecule has 0 fully saturated rings. The summed E-state index contributed by atoms with van der Waals surface area (Å²) in [5.74, 6) is -0.886. The van der Waals surface area contributed by atoms with Crippen LogP contribution in [0.5, 0.6) is 5.75 Å². The molecule has 1 heterocycles. The third kappa shape index (κ3) is 4.02. The van der Waals surface area contributed by atoms with E-state index >= 15 is 0 Å². The van der Waals surface area contributed by atoms with Crippen molar-refractivity contribution >= 4 is 28.8 Å². The first-order chi connectivity index (χ1) is 12.6. The van der Waals surface area contributed by atoms with E-state index in [1.54, 1.807) is 18.2 Å². The van der Waals surface area contributed by atoms with Gasteiger partial charge in [0.05, 0.1) is 12.8 Å². The van der Waals surface area contributed by atoms with E-state index in [1.165, 1.54) is 18.5 Å². The second-order valence-electron chi connectivity index (χ2n) is 5.41. The van der Waals surface area contributed by atoms with Crippen LogP contribution in [0.2, 0.25) is 0 Å². The minimum Gasteiger partial charge on any atom is -0.506 e. The maximum Gasteiger partial charge on any atom is 0.259 e. The number of carbonyl (C=O) groups is 2. The van der Waals surface area contributed by atoms with Crippen LogP contribution in [0.3, 0.4) is 0 Å². The number of pyridine rings is 1.